The molecule has 1 saturated heterocycles. The number of hydrogen-bond donors (Lipinski definition) is 0. The average Bonchev–Trinajstić information content (AvgIpc) is 2.24. The molecule has 0 spiro atoms. The minimum Gasteiger partial charge on any atom is -0.367 e. The molecule has 0 bridgehead atoms. The van der Waals surface area contributed by atoms with Gasteiger partial charge in [-0.1, -0.05) is 0 Å². The van der Waals surface area contributed by atoms with Crippen molar-refractivity contribution in [3.8, 4) is 0 Å². The van der Waals surface area contributed by atoms with Crippen LogP contribution >= 0.6 is 15.9 Å². The van der Waals surface area contributed by atoms with Crippen molar-refractivity contribution in [3.63, 3.8) is 0 Å². The Bertz CT molecular complexity index is 533. The zero-order valence-corrected chi connectivity index (χ0v) is 11.2. The van der Waals surface area contributed by atoms with Crippen LogP contribution in [0.1, 0.15) is 0 Å². The fourth-order valence-electron chi connectivity index (χ4n) is 1.71. The van der Waals surface area contributed by atoms with Crippen molar-refractivity contribution >= 4 is 31.5 Å². The number of rotatable bonds is 1. The van der Waals surface area contributed by atoms with Gasteiger partial charge in [-0.15, -0.1) is 0 Å². The van der Waals surface area contributed by atoms with E-state index in [9.17, 15) is 17.2 Å². The number of halogens is 3. The van der Waals surface area contributed by atoms with E-state index >= 15 is 0 Å². The van der Waals surface area contributed by atoms with Crippen molar-refractivity contribution < 1.29 is 17.2 Å². The third-order valence-electron chi connectivity index (χ3n) is 2.67. The van der Waals surface area contributed by atoms with Gasteiger partial charge in [-0.2, -0.15) is 0 Å². The van der Waals surface area contributed by atoms with Crippen LogP contribution in [0.4, 0.5) is 14.5 Å². The highest BCUT2D eigenvalue weighted by Crippen LogP contribution is 2.27. The van der Waals surface area contributed by atoms with Crippen LogP contribution in [0.3, 0.4) is 0 Å². The van der Waals surface area contributed by atoms with E-state index in [1.54, 1.807) is 4.90 Å². The molecule has 94 valence electrons. The Morgan fingerprint density at radius 3 is 2.29 bits per heavy atom. The number of hydrogen-bond acceptors (Lipinski definition) is 3. The summed E-state index contributed by atoms with van der Waals surface area (Å²) in [7, 11) is -3.02. The molecule has 0 saturated carbocycles. The third-order valence-corrected chi connectivity index (χ3v) is 4.89. The molecule has 7 heteroatoms. The molecule has 1 aliphatic rings. The normalized spacial score (nSPS) is 19.4. The first-order chi connectivity index (χ1) is 7.89. The summed E-state index contributed by atoms with van der Waals surface area (Å²) in [6.07, 6.45) is 0. The van der Waals surface area contributed by atoms with Gasteiger partial charge in [0.1, 0.15) is 11.6 Å². The highest BCUT2D eigenvalue weighted by Gasteiger charge is 2.24. The quantitative estimate of drug-likeness (QED) is 0.741. The van der Waals surface area contributed by atoms with E-state index in [0.717, 1.165) is 12.1 Å². The number of anilines is 1. The van der Waals surface area contributed by atoms with Crippen molar-refractivity contribution in [2.75, 3.05) is 29.5 Å². The molecule has 0 aromatic heterocycles. The lowest BCUT2D eigenvalue weighted by atomic mass is 10.2. The van der Waals surface area contributed by atoms with Gasteiger partial charge < -0.3 is 4.90 Å². The van der Waals surface area contributed by atoms with Gasteiger partial charge in [0.25, 0.3) is 0 Å². The van der Waals surface area contributed by atoms with Gasteiger partial charge in [0.15, 0.2) is 9.84 Å². The van der Waals surface area contributed by atoms with Gasteiger partial charge in [0.05, 0.1) is 21.7 Å². The predicted octanol–water partition coefficient (Wildman–Crippen LogP) is 1.96. The Hall–Kier alpha value is -0.690. The molecule has 3 nitrogen and oxygen atoms in total. The highest BCUT2D eigenvalue weighted by atomic mass is 79.9. The molecule has 0 unspecified atom stereocenters. The van der Waals surface area contributed by atoms with Crippen molar-refractivity contribution in [1.29, 1.82) is 0 Å². The summed E-state index contributed by atoms with van der Waals surface area (Å²) in [5, 5.41) is 0. The first-order valence-electron chi connectivity index (χ1n) is 4.99. The Labute approximate surface area is 106 Å². The molecule has 0 amide bonds. The number of nitrogens with zero attached hydrogens (tertiary/aromatic N) is 1. The topological polar surface area (TPSA) is 37.4 Å². The Balaban J connectivity index is 2.27. The maximum absolute atomic E-state index is 13.6. The molecular formula is C10H10BrF2NO2S. The predicted molar refractivity (Wildman–Crippen MR) is 64.9 cm³/mol. The smallest absolute Gasteiger partial charge is 0.153 e. The zero-order valence-electron chi connectivity index (χ0n) is 8.79. The van der Waals surface area contributed by atoms with Gasteiger partial charge in [-0.25, -0.2) is 17.2 Å². The van der Waals surface area contributed by atoms with Crippen molar-refractivity contribution in [1.82, 2.24) is 0 Å². The Morgan fingerprint density at radius 2 is 1.71 bits per heavy atom. The van der Waals surface area contributed by atoms with Crippen LogP contribution in [-0.4, -0.2) is 33.0 Å². The van der Waals surface area contributed by atoms with E-state index in [1.807, 2.05) is 0 Å². The average molecular weight is 326 g/mol. The lowest BCUT2D eigenvalue weighted by Gasteiger charge is -2.29. The first kappa shape index (κ1) is 12.8. The fourth-order valence-corrected chi connectivity index (χ4v) is 3.22. The van der Waals surface area contributed by atoms with Crippen molar-refractivity contribution in [3.05, 3.63) is 28.2 Å². The minimum absolute atomic E-state index is 0.0237. The molecule has 0 aliphatic carbocycles. The molecule has 1 aliphatic heterocycles. The first-order valence-corrected chi connectivity index (χ1v) is 7.60. The van der Waals surface area contributed by atoms with Crippen LogP contribution in [0.2, 0.25) is 0 Å². The largest absolute Gasteiger partial charge is 0.367 e. The van der Waals surface area contributed by atoms with E-state index in [0.29, 0.717) is 0 Å². The van der Waals surface area contributed by atoms with Gasteiger partial charge in [0.2, 0.25) is 0 Å². The monoisotopic (exact) mass is 325 g/mol. The molecule has 1 heterocycles. The van der Waals surface area contributed by atoms with Crippen LogP contribution in [0.15, 0.2) is 16.6 Å². The Kier molecular flexibility index (Phi) is 3.40. The molecular weight excluding hydrogens is 316 g/mol. The van der Waals surface area contributed by atoms with E-state index < -0.39 is 21.5 Å². The number of benzene rings is 1. The minimum atomic E-state index is -3.02. The molecule has 17 heavy (non-hydrogen) atoms. The maximum Gasteiger partial charge on any atom is 0.153 e. The van der Waals surface area contributed by atoms with Crippen LogP contribution in [0, 0.1) is 11.6 Å². The van der Waals surface area contributed by atoms with Crippen molar-refractivity contribution in [2.24, 2.45) is 0 Å². The second kappa shape index (κ2) is 4.53. The van der Waals surface area contributed by atoms with Crippen LogP contribution < -0.4 is 4.90 Å². The molecule has 2 rings (SSSR count). The van der Waals surface area contributed by atoms with Gasteiger partial charge in [-0.3, -0.25) is 0 Å². The Morgan fingerprint density at radius 1 is 1.12 bits per heavy atom. The van der Waals surface area contributed by atoms with E-state index in [2.05, 4.69) is 15.9 Å². The second-order valence-corrected chi connectivity index (χ2v) is 7.01. The molecule has 1 fully saturated rings. The molecule has 1 aromatic carbocycles. The van der Waals surface area contributed by atoms with Crippen LogP contribution in [0.25, 0.3) is 0 Å². The standard InChI is InChI=1S/C10H10BrF2NO2S/c11-7-5-9(13)10(6-8(7)12)14-1-3-17(15,16)4-2-14/h5-6H,1-4H2. The summed E-state index contributed by atoms with van der Waals surface area (Å²) in [4.78, 5) is 1.55. The number of sulfone groups is 1. The van der Waals surface area contributed by atoms with Crippen LogP contribution in [-0.2, 0) is 9.84 Å². The third kappa shape index (κ3) is 2.77. The van der Waals surface area contributed by atoms with Gasteiger partial charge >= 0.3 is 0 Å². The van der Waals surface area contributed by atoms with E-state index in [1.165, 1.54) is 0 Å². The summed E-state index contributed by atoms with van der Waals surface area (Å²) >= 11 is 2.89. The molecule has 0 atom stereocenters. The van der Waals surface area contributed by atoms with E-state index in [-0.39, 0.29) is 34.8 Å². The lowest BCUT2D eigenvalue weighted by Crippen LogP contribution is -2.40. The summed E-state index contributed by atoms with van der Waals surface area (Å²) < 4.78 is 49.4. The highest BCUT2D eigenvalue weighted by molar-refractivity contribution is 9.10. The molecule has 1 aromatic rings. The van der Waals surface area contributed by atoms with Gasteiger partial charge in [0, 0.05) is 19.2 Å². The summed E-state index contributed by atoms with van der Waals surface area (Å²) in [6.45, 7) is 0.390. The van der Waals surface area contributed by atoms with Crippen LogP contribution in [0.5, 0.6) is 0 Å². The summed E-state index contributed by atoms with van der Waals surface area (Å²) in [5.74, 6) is -1.17. The molecule has 0 N–H and O–H groups in total. The second-order valence-electron chi connectivity index (χ2n) is 3.86. The van der Waals surface area contributed by atoms with Gasteiger partial charge in [-0.05, 0) is 22.0 Å². The maximum atomic E-state index is 13.6. The van der Waals surface area contributed by atoms with Crippen molar-refractivity contribution in [2.45, 2.75) is 0 Å². The molecule has 0 radical (unpaired) electrons. The zero-order chi connectivity index (χ0) is 12.6. The summed E-state index contributed by atoms with van der Waals surface area (Å²) in [5.41, 5.74) is 0.112. The summed E-state index contributed by atoms with van der Waals surface area (Å²) in [6, 6.07) is 2.13. The SMILES string of the molecule is O=S1(=O)CCN(c2cc(F)c(Br)cc2F)CC1. The van der Waals surface area contributed by atoms with E-state index in [4.69, 9.17) is 0 Å². The lowest BCUT2D eigenvalue weighted by molar-refractivity contribution is 0.575. The fraction of sp³-hybridized carbons (Fsp3) is 0.400.